The van der Waals surface area contributed by atoms with Crippen molar-refractivity contribution in [2.24, 2.45) is 0 Å². The van der Waals surface area contributed by atoms with Crippen LogP contribution >= 0.6 is 11.6 Å². The van der Waals surface area contributed by atoms with Crippen molar-refractivity contribution in [2.75, 3.05) is 25.5 Å². The van der Waals surface area contributed by atoms with Gasteiger partial charge in [-0.1, -0.05) is 31.0 Å². The molecule has 1 aromatic rings. The highest BCUT2D eigenvalue weighted by molar-refractivity contribution is 6.31. The molecule has 0 saturated carbocycles. The van der Waals surface area contributed by atoms with E-state index in [2.05, 4.69) is 24.5 Å². The molecule has 23 heavy (non-hydrogen) atoms. The number of nitrogens with zero attached hydrogens (tertiary/aromatic N) is 1. The number of hydrogen-bond acceptors (Lipinski definition) is 3. The molecular formula is C17H26ClN3O2. The van der Waals surface area contributed by atoms with Crippen molar-refractivity contribution in [3.8, 4) is 0 Å². The first-order chi connectivity index (χ1) is 10.8. The number of nitrogens with one attached hydrogen (secondary N) is 2. The molecule has 0 aromatic heterocycles. The van der Waals surface area contributed by atoms with E-state index >= 15 is 0 Å². The second-order valence-corrected chi connectivity index (χ2v) is 6.20. The molecule has 128 valence electrons. The van der Waals surface area contributed by atoms with Crippen molar-refractivity contribution in [1.29, 1.82) is 0 Å². The number of carbonyl (C=O) groups excluding carboxylic acids is 2. The highest BCUT2D eigenvalue weighted by atomic mass is 35.5. The van der Waals surface area contributed by atoms with Crippen LogP contribution in [0.3, 0.4) is 0 Å². The molecule has 0 spiro atoms. The minimum absolute atomic E-state index is 0.0548. The standard InChI is InChI=1S/C17H26ClN3O2/c1-5-7-12(2)21(4)11-17(23)19-10-16(22)20-15-9-6-8-14(18)13(15)3/h6,8-9,12H,5,7,10-11H2,1-4H3,(H,19,23)(H,20,22). The van der Waals surface area contributed by atoms with Crippen molar-refractivity contribution >= 4 is 29.1 Å². The topological polar surface area (TPSA) is 61.4 Å². The largest absolute Gasteiger partial charge is 0.346 e. The Hall–Kier alpha value is -1.59. The third-order valence-electron chi connectivity index (χ3n) is 3.84. The average Bonchev–Trinajstić information content (AvgIpc) is 2.50. The molecule has 0 bridgehead atoms. The summed E-state index contributed by atoms with van der Waals surface area (Å²) in [5, 5.41) is 5.99. The van der Waals surface area contributed by atoms with E-state index in [4.69, 9.17) is 11.6 Å². The Bertz CT molecular complexity index is 549. The van der Waals surface area contributed by atoms with Gasteiger partial charge in [-0.05, 0) is 45.0 Å². The Morgan fingerprint density at radius 1 is 1.30 bits per heavy atom. The Morgan fingerprint density at radius 3 is 2.65 bits per heavy atom. The number of hydrogen-bond donors (Lipinski definition) is 2. The van der Waals surface area contributed by atoms with Crippen molar-refractivity contribution < 1.29 is 9.59 Å². The summed E-state index contributed by atoms with van der Waals surface area (Å²) < 4.78 is 0. The molecule has 1 unspecified atom stereocenters. The Balaban J connectivity index is 2.41. The van der Waals surface area contributed by atoms with E-state index in [1.54, 1.807) is 18.2 Å². The first kappa shape index (κ1) is 19.5. The predicted molar refractivity (Wildman–Crippen MR) is 94.8 cm³/mol. The molecule has 5 nitrogen and oxygen atoms in total. The molecule has 0 aliphatic rings. The first-order valence-electron chi connectivity index (χ1n) is 7.87. The second-order valence-electron chi connectivity index (χ2n) is 5.79. The van der Waals surface area contributed by atoms with Crippen LogP contribution < -0.4 is 10.6 Å². The summed E-state index contributed by atoms with van der Waals surface area (Å²) >= 11 is 6.01. The van der Waals surface area contributed by atoms with Crippen molar-refractivity contribution in [1.82, 2.24) is 10.2 Å². The summed E-state index contributed by atoms with van der Waals surface area (Å²) in [6.07, 6.45) is 2.12. The van der Waals surface area contributed by atoms with Gasteiger partial charge in [0.2, 0.25) is 11.8 Å². The highest BCUT2D eigenvalue weighted by Crippen LogP contribution is 2.22. The predicted octanol–water partition coefficient (Wildman–Crippen LogP) is 2.82. The van der Waals surface area contributed by atoms with Gasteiger partial charge in [-0.3, -0.25) is 14.5 Å². The molecule has 0 saturated heterocycles. The number of benzene rings is 1. The molecule has 0 heterocycles. The van der Waals surface area contributed by atoms with E-state index in [1.807, 2.05) is 18.9 Å². The monoisotopic (exact) mass is 339 g/mol. The van der Waals surface area contributed by atoms with Gasteiger partial charge < -0.3 is 10.6 Å². The molecule has 0 aliphatic carbocycles. The van der Waals surface area contributed by atoms with Gasteiger partial charge in [-0.15, -0.1) is 0 Å². The summed E-state index contributed by atoms with van der Waals surface area (Å²) in [5.74, 6) is -0.429. The van der Waals surface area contributed by atoms with Gasteiger partial charge in [-0.2, -0.15) is 0 Å². The van der Waals surface area contributed by atoms with Crippen LogP contribution in [0.15, 0.2) is 18.2 Å². The van der Waals surface area contributed by atoms with Crippen LogP contribution in [0.5, 0.6) is 0 Å². The molecule has 0 fully saturated rings. The van der Waals surface area contributed by atoms with E-state index in [0.717, 1.165) is 18.4 Å². The van der Waals surface area contributed by atoms with Crippen molar-refractivity contribution in [3.05, 3.63) is 28.8 Å². The lowest BCUT2D eigenvalue weighted by molar-refractivity contribution is -0.125. The highest BCUT2D eigenvalue weighted by Gasteiger charge is 2.13. The number of anilines is 1. The summed E-state index contributed by atoms with van der Waals surface area (Å²) in [7, 11) is 1.91. The maximum atomic E-state index is 11.9. The molecule has 1 rings (SSSR count). The quantitative estimate of drug-likeness (QED) is 0.765. The van der Waals surface area contributed by atoms with E-state index in [1.165, 1.54) is 0 Å². The molecule has 1 atom stereocenters. The summed E-state index contributed by atoms with van der Waals surface area (Å²) in [5.41, 5.74) is 1.47. The van der Waals surface area contributed by atoms with Gasteiger partial charge in [0.1, 0.15) is 0 Å². The summed E-state index contributed by atoms with van der Waals surface area (Å²) in [6.45, 7) is 6.27. The zero-order chi connectivity index (χ0) is 17.4. The lowest BCUT2D eigenvalue weighted by atomic mass is 10.2. The van der Waals surface area contributed by atoms with Crippen LogP contribution in [0.25, 0.3) is 0 Å². The number of likely N-dealkylation sites (N-methyl/N-ethyl adjacent to an activating group) is 1. The summed E-state index contributed by atoms with van der Waals surface area (Å²) in [4.78, 5) is 25.8. The van der Waals surface area contributed by atoms with E-state index in [9.17, 15) is 9.59 Å². The van der Waals surface area contributed by atoms with Crippen LogP contribution in [0.2, 0.25) is 5.02 Å². The zero-order valence-corrected chi connectivity index (χ0v) is 15.0. The van der Waals surface area contributed by atoms with E-state index in [0.29, 0.717) is 16.8 Å². The van der Waals surface area contributed by atoms with Gasteiger partial charge in [0, 0.05) is 16.8 Å². The fourth-order valence-electron chi connectivity index (χ4n) is 2.19. The molecule has 2 N–H and O–H groups in total. The number of amides is 2. The lowest BCUT2D eigenvalue weighted by Crippen LogP contribution is -2.41. The molecule has 0 radical (unpaired) electrons. The fraction of sp³-hybridized carbons (Fsp3) is 0.529. The van der Waals surface area contributed by atoms with Gasteiger partial charge in [0.15, 0.2) is 0 Å². The minimum Gasteiger partial charge on any atom is -0.346 e. The van der Waals surface area contributed by atoms with Crippen LogP contribution in [-0.2, 0) is 9.59 Å². The third-order valence-corrected chi connectivity index (χ3v) is 4.25. The Labute approximate surface area is 143 Å². The number of carbonyl (C=O) groups is 2. The first-order valence-corrected chi connectivity index (χ1v) is 8.24. The number of rotatable bonds is 8. The third kappa shape index (κ3) is 6.59. The molecule has 6 heteroatoms. The molecule has 1 aromatic carbocycles. The van der Waals surface area contributed by atoms with Crippen LogP contribution in [0.1, 0.15) is 32.3 Å². The molecule has 0 aliphatic heterocycles. The SMILES string of the molecule is CCCC(C)N(C)CC(=O)NCC(=O)Nc1cccc(Cl)c1C. The fourth-order valence-corrected chi connectivity index (χ4v) is 2.37. The minimum atomic E-state index is -0.270. The molecule has 2 amide bonds. The normalized spacial score (nSPS) is 12.1. The number of halogens is 1. The van der Waals surface area contributed by atoms with Crippen LogP contribution in [0.4, 0.5) is 5.69 Å². The smallest absolute Gasteiger partial charge is 0.243 e. The average molecular weight is 340 g/mol. The molecular weight excluding hydrogens is 314 g/mol. The Kier molecular flexibility index (Phi) is 8.06. The van der Waals surface area contributed by atoms with Crippen LogP contribution in [-0.4, -0.2) is 42.9 Å². The second kappa shape index (κ2) is 9.53. The van der Waals surface area contributed by atoms with Gasteiger partial charge >= 0.3 is 0 Å². The van der Waals surface area contributed by atoms with Crippen molar-refractivity contribution in [2.45, 2.75) is 39.7 Å². The zero-order valence-electron chi connectivity index (χ0n) is 14.3. The van der Waals surface area contributed by atoms with E-state index in [-0.39, 0.29) is 24.9 Å². The van der Waals surface area contributed by atoms with Crippen LogP contribution in [0, 0.1) is 6.92 Å². The van der Waals surface area contributed by atoms with Gasteiger partial charge in [-0.25, -0.2) is 0 Å². The van der Waals surface area contributed by atoms with Gasteiger partial charge in [0.05, 0.1) is 13.1 Å². The van der Waals surface area contributed by atoms with E-state index < -0.39 is 0 Å². The lowest BCUT2D eigenvalue weighted by Gasteiger charge is -2.23. The summed E-state index contributed by atoms with van der Waals surface area (Å²) in [6, 6.07) is 5.66. The maximum Gasteiger partial charge on any atom is 0.243 e. The van der Waals surface area contributed by atoms with Crippen molar-refractivity contribution in [3.63, 3.8) is 0 Å². The maximum absolute atomic E-state index is 11.9. The Morgan fingerprint density at radius 2 is 2.00 bits per heavy atom. The van der Waals surface area contributed by atoms with Gasteiger partial charge in [0.25, 0.3) is 0 Å².